The van der Waals surface area contributed by atoms with Crippen LogP contribution in [-0.4, -0.2) is 54.3 Å². The van der Waals surface area contributed by atoms with Crippen molar-refractivity contribution in [2.45, 2.75) is 65.6 Å². The quantitative estimate of drug-likeness (QED) is 0.284. The van der Waals surface area contributed by atoms with Gasteiger partial charge in [0.05, 0.1) is 18.8 Å². The highest BCUT2D eigenvalue weighted by molar-refractivity contribution is 5.93. The molecule has 0 aliphatic rings. The van der Waals surface area contributed by atoms with Crippen LogP contribution in [0, 0.1) is 0 Å². The molecule has 2 unspecified atom stereocenters. The van der Waals surface area contributed by atoms with Crippen molar-refractivity contribution in [3.63, 3.8) is 0 Å². The van der Waals surface area contributed by atoms with Gasteiger partial charge in [-0.2, -0.15) is 0 Å². The Labute approximate surface area is 176 Å². The first-order chi connectivity index (χ1) is 14.3. The van der Waals surface area contributed by atoms with Crippen LogP contribution in [-0.2, 0) is 28.5 Å². The van der Waals surface area contributed by atoms with Crippen LogP contribution in [0.25, 0.3) is 0 Å². The van der Waals surface area contributed by atoms with Gasteiger partial charge in [-0.25, -0.2) is 24.2 Å². The number of pyridine rings is 1. The van der Waals surface area contributed by atoms with E-state index in [4.69, 9.17) is 18.9 Å². The van der Waals surface area contributed by atoms with Gasteiger partial charge >= 0.3 is 23.9 Å². The van der Waals surface area contributed by atoms with Crippen LogP contribution < -0.4 is 0 Å². The molecule has 0 bridgehead atoms. The summed E-state index contributed by atoms with van der Waals surface area (Å²) in [7, 11) is 0. The average molecular weight is 423 g/mol. The summed E-state index contributed by atoms with van der Waals surface area (Å²) in [4.78, 5) is 51.6. The van der Waals surface area contributed by atoms with Gasteiger partial charge in [0.2, 0.25) is 0 Å². The SMILES string of the molecule is CCCCOC(=O)C(C)OC(=O)c1ccc(C(=O)OC(C)C(=O)OCCCC)nc1. The topological polar surface area (TPSA) is 118 Å². The number of hydrogen-bond donors (Lipinski definition) is 0. The van der Waals surface area contributed by atoms with Crippen molar-refractivity contribution in [1.82, 2.24) is 4.98 Å². The van der Waals surface area contributed by atoms with E-state index in [-0.39, 0.29) is 24.5 Å². The maximum Gasteiger partial charge on any atom is 0.357 e. The number of nitrogens with zero attached hydrogens (tertiary/aromatic N) is 1. The zero-order valence-corrected chi connectivity index (χ0v) is 17.8. The number of unbranched alkanes of at least 4 members (excludes halogenated alkanes) is 2. The molecule has 0 aromatic carbocycles. The molecule has 0 radical (unpaired) electrons. The second kappa shape index (κ2) is 13.3. The normalized spacial score (nSPS) is 12.4. The summed E-state index contributed by atoms with van der Waals surface area (Å²) in [5, 5.41) is 0. The van der Waals surface area contributed by atoms with E-state index in [1.165, 1.54) is 26.0 Å². The number of carbonyl (C=O) groups excluding carboxylic acids is 4. The third-order valence-electron chi connectivity index (χ3n) is 3.92. The second-order valence-electron chi connectivity index (χ2n) is 6.57. The lowest BCUT2D eigenvalue weighted by Crippen LogP contribution is -2.27. The molecule has 0 aliphatic carbocycles. The molecular formula is C21H29NO8. The van der Waals surface area contributed by atoms with Gasteiger partial charge in [-0.3, -0.25) is 0 Å². The fourth-order valence-electron chi connectivity index (χ4n) is 2.05. The first kappa shape index (κ1) is 25.1. The molecule has 9 heteroatoms. The Balaban J connectivity index is 2.56. The van der Waals surface area contributed by atoms with Gasteiger partial charge in [0.15, 0.2) is 12.2 Å². The van der Waals surface area contributed by atoms with E-state index in [2.05, 4.69) is 4.98 Å². The van der Waals surface area contributed by atoms with Gasteiger partial charge < -0.3 is 18.9 Å². The highest BCUT2D eigenvalue weighted by Crippen LogP contribution is 2.08. The Morgan fingerprint density at radius 1 is 0.833 bits per heavy atom. The minimum absolute atomic E-state index is 0.0479. The van der Waals surface area contributed by atoms with Crippen LogP contribution in [0.1, 0.15) is 74.2 Å². The van der Waals surface area contributed by atoms with E-state index >= 15 is 0 Å². The zero-order chi connectivity index (χ0) is 22.5. The van der Waals surface area contributed by atoms with Crippen LogP contribution in [0.2, 0.25) is 0 Å². The number of rotatable bonds is 12. The van der Waals surface area contributed by atoms with E-state index in [1.807, 2.05) is 13.8 Å². The number of hydrogen-bond acceptors (Lipinski definition) is 9. The smallest absolute Gasteiger partial charge is 0.357 e. The molecule has 1 rings (SSSR count). The Kier molecular flexibility index (Phi) is 11.1. The van der Waals surface area contributed by atoms with E-state index in [0.29, 0.717) is 0 Å². The molecule has 1 aromatic rings. The maximum absolute atomic E-state index is 12.1. The molecule has 30 heavy (non-hydrogen) atoms. The molecule has 0 spiro atoms. The Morgan fingerprint density at radius 2 is 1.33 bits per heavy atom. The van der Waals surface area contributed by atoms with Gasteiger partial charge in [-0.1, -0.05) is 26.7 Å². The average Bonchev–Trinajstić information content (AvgIpc) is 2.73. The minimum Gasteiger partial charge on any atom is -0.463 e. The largest absolute Gasteiger partial charge is 0.463 e. The standard InChI is InChI=1S/C21H29NO8/c1-5-7-11-27-18(23)14(3)29-20(25)16-9-10-17(22-13-16)21(26)30-15(4)19(24)28-12-8-6-2/h9-10,13-15H,5-8,11-12H2,1-4H3. The summed E-state index contributed by atoms with van der Waals surface area (Å²) >= 11 is 0. The fourth-order valence-corrected chi connectivity index (χ4v) is 2.05. The Hall–Kier alpha value is -2.97. The molecule has 0 saturated carbocycles. The van der Waals surface area contributed by atoms with E-state index in [9.17, 15) is 19.2 Å². The molecule has 9 nitrogen and oxygen atoms in total. The maximum atomic E-state index is 12.1. The summed E-state index contributed by atoms with van der Waals surface area (Å²) < 4.78 is 20.0. The number of aromatic nitrogens is 1. The fraction of sp³-hybridized carbons (Fsp3) is 0.571. The summed E-state index contributed by atoms with van der Waals surface area (Å²) in [6.07, 6.45) is 2.17. The van der Waals surface area contributed by atoms with Crippen molar-refractivity contribution >= 4 is 23.9 Å². The molecule has 0 saturated heterocycles. The van der Waals surface area contributed by atoms with Crippen LogP contribution in [0.5, 0.6) is 0 Å². The van der Waals surface area contributed by atoms with Gasteiger partial charge in [0, 0.05) is 6.20 Å². The Morgan fingerprint density at radius 3 is 1.77 bits per heavy atom. The molecule has 0 N–H and O–H groups in total. The van der Waals surface area contributed by atoms with E-state index in [0.717, 1.165) is 31.9 Å². The van der Waals surface area contributed by atoms with Gasteiger partial charge in [-0.05, 0) is 38.8 Å². The molecule has 0 fully saturated rings. The third-order valence-corrected chi connectivity index (χ3v) is 3.92. The Bertz CT molecular complexity index is 655. The number of carbonyl (C=O) groups is 4. The van der Waals surface area contributed by atoms with Crippen LogP contribution in [0.15, 0.2) is 18.3 Å². The van der Waals surface area contributed by atoms with E-state index < -0.39 is 36.1 Å². The summed E-state index contributed by atoms with van der Waals surface area (Å²) in [5.74, 6) is -2.89. The van der Waals surface area contributed by atoms with Crippen molar-refractivity contribution in [3.8, 4) is 0 Å². The molecule has 1 heterocycles. The minimum atomic E-state index is -1.08. The second-order valence-corrected chi connectivity index (χ2v) is 6.57. The molecule has 0 aliphatic heterocycles. The van der Waals surface area contributed by atoms with Crippen molar-refractivity contribution < 1.29 is 38.1 Å². The van der Waals surface area contributed by atoms with Crippen molar-refractivity contribution in [2.24, 2.45) is 0 Å². The lowest BCUT2D eigenvalue weighted by molar-refractivity contribution is -0.153. The van der Waals surface area contributed by atoms with Gasteiger partial charge in [0.1, 0.15) is 5.69 Å². The highest BCUT2D eigenvalue weighted by Gasteiger charge is 2.23. The zero-order valence-electron chi connectivity index (χ0n) is 17.8. The lowest BCUT2D eigenvalue weighted by Gasteiger charge is -2.13. The number of ether oxygens (including phenoxy) is 4. The summed E-state index contributed by atoms with van der Waals surface area (Å²) in [6, 6.07) is 2.57. The molecule has 2 atom stereocenters. The number of esters is 4. The highest BCUT2D eigenvalue weighted by atomic mass is 16.6. The summed E-state index contributed by atoms with van der Waals surface area (Å²) in [5.41, 5.74) is -0.0430. The predicted octanol–water partition coefficient (Wildman–Crippen LogP) is 2.86. The molecule has 166 valence electrons. The lowest BCUT2D eigenvalue weighted by atomic mass is 10.2. The predicted molar refractivity (Wildman–Crippen MR) is 106 cm³/mol. The molecular weight excluding hydrogens is 394 g/mol. The molecule has 1 aromatic heterocycles. The third kappa shape index (κ3) is 8.59. The first-order valence-corrected chi connectivity index (χ1v) is 10.0. The van der Waals surface area contributed by atoms with Gasteiger partial charge in [0.25, 0.3) is 0 Å². The monoisotopic (exact) mass is 423 g/mol. The van der Waals surface area contributed by atoms with Gasteiger partial charge in [-0.15, -0.1) is 0 Å². The van der Waals surface area contributed by atoms with Crippen LogP contribution in [0.4, 0.5) is 0 Å². The first-order valence-electron chi connectivity index (χ1n) is 10.0. The van der Waals surface area contributed by atoms with Crippen LogP contribution >= 0.6 is 0 Å². The van der Waals surface area contributed by atoms with Crippen molar-refractivity contribution in [3.05, 3.63) is 29.6 Å². The van der Waals surface area contributed by atoms with E-state index in [1.54, 1.807) is 0 Å². The van der Waals surface area contributed by atoms with Crippen molar-refractivity contribution in [1.29, 1.82) is 0 Å². The van der Waals surface area contributed by atoms with Crippen molar-refractivity contribution in [2.75, 3.05) is 13.2 Å². The van der Waals surface area contributed by atoms with Crippen LogP contribution in [0.3, 0.4) is 0 Å². The summed E-state index contributed by atoms with van der Waals surface area (Å²) in [6.45, 7) is 7.26. The molecule has 0 amide bonds.